The summed E-state index contributed by atoms with van der Waals surface area (Å²) in [5, 5.41) is 0. The highest BCUT2D eigenvalue weighted by molar-refractivity contribution is 6.06. The van der Waals surface area contributed by atoms with Crippen molar-refractivity contribution in [3.05, 3.63) is 65.5 Å². The molecule has 1 heterocycles. The number of anilines is 1. The summed E-state index contributed by atoms with van der Waals surface area (Å²) >= 11 is 0. The number of amides is 2. The van der Waals surface area contributed by atoms with Gasteiger partial charge in [0, 0.05) is 18.7 Å². The maximum absolute atomic E-state index is 14.0. The van der Waals surface area contributed by atoms with Crippen molar-refractivity contribution in [2.24, 2.45) is 0 Å². The maximum Gasteiger partial charge on any atom is 0.265 e. The van der Waals surface area contributed by atoms with Crippen LogP contribution in [-0.4, -0.2) is 29.9 Å². The Balaban J connectivity index is 1.99. The van der Waals surface area contributed by atoms with Crippen LogP contribution in [0.5, 0.6) is 0 Å². The van der Waals surface area contributed by atoms with E-state index < -0.39 is 28.9 Å². The Kier molecular flexibility index (Phi) is 4.74. The van der Waals surface area contributed by atoms with E-state index in [2.05, 4.69) is 0 Å². The second-order valence-electron chi connectivity index (χ2n) is 5.71. The third kappa shape index (κ3) is 3.50. The van der Waals surface area contributed by atoms with Gasteiger partial charge < -0.3 is 4.90 Å². The number of nitrogens with zero attached hydrogens (tertiary/aromatic N) is 2. The van der Waals surface area contributed by atoms with Gasteiger partial charge >= 0.3 is 0 Å². The Morgan fingerprint density at radius 3 is 2.24 bits per heavy atom. The average molecular weight is 348 g/mol. The molecule has 0 atom stereocenters. The van der Waals surface area contributed by atoms with Crippen LogP contribution in [0.4, 0.5) is 18.9 Å². The SMILES string of the molecule is O=C1CCCN1CN(C(=O)c1c(F)cccc1F)c1ccc(F)cc1. The van der Waals surface area contributed by atoms with Crippen molar-refractivity contribution >= 4 is 17.5 Å². The van der Waals surface area contributed by atoms with Crippen LogP contribution in [0.2, 0.25) is 0 Å². The fraction of sp³-hybridized carbons (Fsp3) is 0.222. The van der Waals surface area contributed by atoms with Crippen molar-refractivity contribution in [1.82, 2.24) is 4.90 Å². The normalized spacial score (nSPS) is 14.0. The van der Waals surface area contributed by atoms with Crippen LogP contribution in [0.1, 0.15) is 23.2 Å². The quantitative estimate of drug-likeness (QED) is 0.850. The lowest BCUT2D eigenvalue weighted by molar-refractivity contribution is -0.127. The second-order valence-corrected chi connectivity index (χ2v) is 5.71. The molecule has 0 aliphatic carbocycles. The predicted octanol–water partition coefficient (Wildman–Crippen LogP) is 3.33. The molecular formula is C18H15F3N2O2. The van der Waals surface area contributed by atoms with Crippen LogP contribution in [-0.2, 0) is 4.79 Å². The summed E-state index contributed by atoms with van der Waals surface area (Å²) in [5.41, 5.74) is -0.466. The van der Waals surface area contributed by atoms with E-state index in [9.17, 15) is 22.8 Å². The van der Waals surface area contributed by atoms with Crippen molar-refractivity contribution in [3.8, 4) is 0 Å². The van der Waals surface area contributed by atoms with Gasteiger partial charge in [0.15, 0.2) is 0 Å². The van der Waals surface area contributed by atoms with Gasteiger partial charge in [0.05, 0.1) is 0 Å². The summed E-state index contributed by atoms with van der Waals surface area (Å²) in [6, 6.07) is 8.06. The number of hydrogen-bond donors (Lipinski definition) is 0. The molecule has 0 bridgehead atoms. The molecule has 3 rings (SSSR count). The third-order valence-corrected chi connectivity index (χ3v) is 4.04. The summed E-state index contributed by atoms with van der Waals surface area (Å²) in [6.07, 6.45) is 1.01. The summed E-state index contributed by atoms with van der Waals surface area (Å²) in [7, 11) is 0. The monoisotopic (exact) mass is 348 g/mol. The smallest absolute Gasteiger partial charge is 0.265 e. The number of carbonyl (C=O) groups excluding carboxylic acids is 2. The number of halogens is 3. The number of hydrogen-bond acceptors (Lipinski definition) is 2. The van der Waals surface area contributed by atoms with Crippen LogP contribution in [0.3, 0.4) is 0 Å². The first-order valence-electron chi connectivity index (χ1n) is 7.76. The van der Waals surface area contributed by atoms with Gasteiger partial charge in [-0.25, -0.2) is 13.2 Å². The lowest BCUT2D eigenvalue weighted by atomic mass is 10.1. The Morgan fingerprint density at radius 2 is 1.68 bits per heavy atom. The minimum Gasteiger partial charge on any atom is -0.324 e. The molecule has 1 saturated heterocycles. The molecule has 1 aliphatic rings. The molecular weight excluding hydrogens is 333 g/mol. The van der Waals surface area contributed by atoms with E-state index in [0.29, 0.717) is 19.4 Å². The number of carbonyl (C=O) groups is 2. The molecule has 2 amide bonds. The molecule has 0 aromatic heterocycles. The summed E-state index contributed by atoms with van der Waals surface area (Å²) in [6.45, 7) is 0.292. The Labute approximate surface area is 142 Å². The summed E-state index contributed by atoms with van der Waals surface area (Å²) < 4.78 is 41.2. The van der Waals surface area contributed by atoms with Gasteiger partial charge in [-0.1, -0.05) is 6.07 Å². The predicted molar refractivity (Wildman–Crippen MR) is 85.4 cm³/mol. The molecule has 1 aliphatic heterocycles. The third-order valence-electron chi connectivity index (χ3n) is 4.04. The van der Waals surface area contributed by atoms with Gasteiger partial charge in [-0.3, -0.25) is 14.5 Å². The number of benzene rings is 2. The minimum atomic E-state index is -0.995. The molecule has 0 saturated carbocycles. The van der Waals surface area contributed by atoms with E-state index in [1.807, 2.05) is 0 Å². The number of likely N-dealkylation sites (tertiary alicyclic amines) is 1. The van der Waals surface area contributed by atoms with E-state index in [-0.39, 0.29) is 18.3 Å². The molecule has 4 nitrogen and oxygen atoms in total. The van der Waals surface area contributed by atoms with Crippen LogP contribution in [0.25, 0.3) is 0 Å². The van der Waals surface area contributed by atoms with Crippen molar-refractivity contribution in [3.63, 3.8) is 0 Å². The maximum atomic E-state index is 14.0. The highest BCUT2D eigenvalue weighted by Crippen LogP contribution is 2.23. The zero-order chi connectivity index (χ0) is 18.0. The fourth-order valence-electron chi connectivity index (χ4n) is 2.75. The van der Waals surface area contributed by atoms with E-state index >= 15 is 0 Å². The van der Waals surface area contributed by atoms with Crippen LogP contribution < -0.4 is 4.90 Å². The van der Waals surface area contributed by atoms with E-state index in [1.54, 1.807) is 0 Å². The summed E-state index contributed by atoms with van der Waals surface area (Å²) in [5.74, 6) is -3.57. The van der Waals surface area contributed by atoms with Gasteiger partial charge in [-0.2, -0.15) is 0 Å². The largest absolute Gasteiger partial charge is 0.324 e. The second kappa shape index (κ2) is 6.96. The van der Waals surface area contributed by atoms with Gasteiger partial charge in [-0.05, 0) is 42.8 Å². The first-order valence-corrected chi connectivity index (χ1v) is 7.76. The zero-order valence-electron chi connectivity index (χ0n) is 13.2. The van der Waals surface area contributed by atoms with Crippen LogP contribution in [0, 0.1) is 17.5 Å². The minimum absolute atomic E-state index is 0.145. The molecule has 0 unspecified atom stereocenters. The van der Waals surface area contributed by atoms with Crippen molar-refractivity contribution in [2.45, 2.75) is 12.8 Å². The molecule has 2 aromatic carbocycles. The molecule has 0 radical (unpaired) electrons. The van der Waals surface area contributed by atoms with Gasteiger partial charge in [-0.15, -0.1) is 0 Å². The first kappa shape index (κ1) is 17.0. The molecule has 130 valence electrons. The van der Waals surface area contributed by atoms with E-state index in [0.717, 1.165) is 35.2 Å². The standard InChI is InChI=1S/C18H15F3N2O2/c19-12-6-8-13(9-7-12)23(11-22-10-2-5-16(22)24)18(25)17-14(20)3-1-4-15(17)21/h1,3-4,6-9H,2,5,10-11H2. The molecule has 7 heteroatoms. The molecule has 25 heavy (non-hydrogen) atoms. The Bertz CT molecular complexity index is 788. The first-order chi connectivity index (χ1) is 12.0. The van der Waals surface area contributed by atoms with E-state index in [4.69, 9.17) is 0 Å². The van der Waals surface area contributed by atoms with Gasteiger partial charge in [0.1, 0.15) is 29.7 Å². The Morgan fingerprint density at radius 1 is 1.04 bits per heavy atom. The highest BCUT2D eigenvalue weighted by atomic mass is 19.1. The molecule has 0 N–H and O–H groups in total. The van der Waals surface area contributed by atoms with E-state index in [1.165, 1.54) is 17.0 Å². The van der Waals surface area contributed by atoms with Crippen LogP contribution in [0.15, 0.2) is 42.5 Å². The molecule has 2 aromatic rings. The molecule has 1 fully saturated rings. The van der Waals surface area contributed by atoms with Crippen molar-refractivity contribution in [1.29, 1.82) is 0 Å². The average Bonchev–Trinajstić information content (AvgIpc) is 2.98. The lowest BCUT2D eigenvalue weighted by Gasteiger charge is -2.28. The highest BCUT2D eigenvalue weighted by Gasteiger charge is 2.29. The van der Waals surface area contributed by atoms with Crippen molar-refractivity contribution in [2.75, 3.05) is 18.1 Å². The molecule has 0 spiro atoms. The Hall–Kier alpha value is -2.83. The van der Waals surface area contributed by atoms with Gasteiger partial charge in [0.25, 0.3) is 5.91 Å². The van der Waals surface area contributed by atoms with Crippen molar-refractivity contribution < 1.29 is 22.8 Å². The lowest BCUT2D eigenvalue weighted by Crippen LogP contribution is -2.43. The fourth-order valence-corrected chi connectivity index (χ4v) is 2.75. The van der Waals surface area contributed by atoms with Crippen LogP contribution >= 0.6 is 0 Å². The van der Waals surface area contributed by atoms with Gasteiger partial charge in [0.2, 0.25) is 5.91 Å². The topological polar surface area (TPSA) is 40.6 Å². The summed E-state index contributed by atoms with van der Waals surface area (Å²) in [4.78, 5) is 27.2. The zero-order valence-corrected chi connectivity index (χ0v) is 13.2. The number of rotatable bonds is 4.